The van der Waals surface area contributed by atoms with Gasteiger partial charge >= 0.3 is 6.09 Å². The van der Waals surface area contributed by atoms with Gasteiger partial charge in [-0.15, -0.1) is 0 Å². The summed E-state index contributed by atoms with van der Waals surface area (Å²) >= 11 is 0. The Morgan fingerprint density at radius 3 is 2.36 bits per heavy atom. The second kappa shape index (κ2) is 9.07. The molecule has 1 N–H and O–H groups in total. The third kappa shape index (κ3) is 4.70. The molecule has 1 aromatic carbocycles. The zero-order valence-corrected chi connectivity index (χ0v) is 16.1. The summed E-state index contributed by atoms with van der Waals surface area (Å²) < 4.78 is 10.2. The lowest BCUT2D eigenvalue weighted by Gasteiger charge is -2.33. The lowest BCUT2D eigenvalue weighted by Crippen LogP contribution is -2.50. The van der Waals surface area contributed by atoms with Gasteiger partial charge in [-0.2, -0.15) is 0 Å². The smallest absolute Gasteiger partial charge is 0.409 e. The summed E-state index contributed by atoms with van der Waals surface area (Å²) in [6.07, 6.45) is 1.27. The standard InChI is InChI=1S/C20H24N4O4/c1-3-28-20(26)24-12-10-23(11-13-24)19(25)18-14-16(8-9-21-18)22-15-4-6-17(27-2)7-5-15/h4-9,14H,3,10-13H2,1-2H3,(H,21,22). The molecule has 0 unspecified atom stereocenters. The van der Waals surface area contributed by atoms with E-state index < -0.39 is 0 Å². The van der Waals surface area contributed by atoms with Crippen molar-refractivity contribution in [3.8, 4) is 5.75 Å². The van der Waals surface area contributed by atoms with Crippen LogP contribution in [-0.4, -0.2) is 66.7 Å². The van der Waals surface area contributed by atoms with Gasteiger partial charge in [0.15, 0.2) is 0 Å². The number of piperazine rings is 1. The number of pyridine rings is 1. The van der Waals surface area contributed by atoms with Crippen LogP contribution in [0.3, 0.4) is 0 Å². The molecular weight excluding hydrogens is 360 g/mol. The van der Waals surface area contributed by atoms with Crippen molar-refractivity contribution >= 4 is 23.4 Å². The van der Waals surface area contributed by atoms with Crippen molar-refractivity contribution in [2.45, 2.75) is 6.92 Å². The number of amides is 2. The Kier molecular flexibility index (Phi) is 6.31. The fourth-order valence-electron chi connectivity index (χ4n) is 2.94. The van der Waals surface area contributed by atoms with Crippen molar-refractivity contribution in [3.05, 3.63) is 48.3 Å². The quantitative estimate of drug-likeness (QED) is 0.853. The first-order valence-corrected chi connectivity index (χ1v) is 9.19. The van der Waals surface area contributed by atoms with Gasteiger partial charge in [0.2, 0.25) is 0 Å². The predicted octanol–water partition coefficient (Wildman–Crippen LogP) is 2.75. The van der Waals surface area contributed by atoms with Crippen molar-refractivity contribution in [3.63, 3.8) is 0 Å². The maximum absolute atomic E-state index is 12.8. The van der Waals surface area contributed by atoms with Crippen LogP contribution in [0.1, 0.15) is 17.4 Å². The Morgan fingerprint density at radius 2 is 1.71 bits per heavy atom. The van der Waals surface area contributed by atoms with Crippen molar-refractivity contribution in [1.29, 1.82) is 0 Å². The Bertz CT molecular complexity index is 817. The Labute approximate surface area is 164 Å². The molecule has 0 aliphatic carbocycles. The number of nitrogens with zero attached hydrogens (tertiary/aromatic N) is 3. The number of carbonyl (C=O) groups is 2. The van der Waals surface area contributed by atoms with Crippen LogP contribution in [0.2, 0.25) is 0 Å². The topological polar surface area (TPSA) is 84.0 Å². The van der Waals surface area contributed by atoms with Crippen LogP contribution in [-0.2, 0) is 4.74 Å². The van der Waals surface area contributed by atoms with E-state index in [1.165, 1.54) is 0 Å². The molecule has 1 aliphatic heterocycles. The minimum Gasteiger partial charge on any atom is -0.497 e. The second-order valence-electron chi connectivity index (χ2n) is 6.26. The average Bonchev–Trinajstić information content (AvgIpc) is 2.74. The molecular formula is C20H24N4O4. The zero-order chi connectivity index (χ0) is 19.9. The van der Waals surface area contributed by atoms with E-state index in [2.05, 4.69) is 10.3 Å². The van der Waals surface area contributed by atoms with Crippen molar-refractivity contribution in [2.75, 3.05) is 45.2 Å². The van der Waals surface area contributed by atoms with E-state index in [4.69, 9.17) is 9.47 Å². The number of rotatable bonds is 5. The summed E-state index contributed by atoms with van der Waals surface area (Å²) in [5.41, 5.74) is 2.02. The van der Waals surface area contributed by atoms with Crippen LogP contribution in [0.5, 0.6) is 5.75 Å². The summed E-state index contributed by atoms with van der Waals surface area (Å²) in [6.45, 7) is 3.93. The Morgan fingerprint density at radius 1 is 1.04 bits per heavy atom. The average molecular weight is 384 g/mol. The molecule has 1 fully saturated rings. The normalized spacial score (nSPS) is 13.8. The van der Waals surface area contributed by atoms with Crippen LogP contribution >= 0.6 is 0 Å². The van der Waals surface area contributed by atoms with E-state index in [0.717, 1.165) is 17.1 Å². The number of carbonyl (C=O) groups excluding carboxylic acids is 2. The van der Waals surface area contributed by atoms with Gasteiger partial charge in [0, 0.05) is 43.8 Å². The minimum absolute atomic E-state index is 0.151. The van der Waals surface area contributed by atoms with Gasteiger partial charge in [-0.05, 0) is 43.3 Å². The summed E-state index contributed by atoms with van der Waals surface area (Å²) in [7, 11) is 1.62. The highest BCUT2D eigenvalue weighted by Crippen LogP contribution is 2.20. The number of anilines is 2. The highest BCUT2D eigenvalue weighted by Gasteiger charge is 2.26. The minimum atomic E-state index is -0.335. The number of benzene rings is 1. The molecule has 8 nitrogen and oxygen atoms in total. The molecule has 2 heterocycles. The van der Waals surface area contributed by atoms with Crippen LogP contribution in [0.4, 0.5) is 16.2 Å². The molecule has 1 aliphatic rings. The molecule has 8 heteroatoms. The number of methoxy groups -OCH3 is 1. The monoisotopic (exact) mass is 384 g/mol. The van der Waals surface area contributed by atoms with Crippen LogP contribution in [0.25, 0.3) is 0 Å². The lowest BCUT2D eigenvalue weighted by atomic mass is 10.2. The van der Waals surface area contributed by atoms with Crippen molar-refractivity contribution < 1.29 is 19.1 Å². The molecule has 0 radical (unpaired) electrons. The Balaban J connectivity index is 1.61. The summed E-state index contributed by atoms with van der Waals surface area (Å²) in [5.74, 6) is 0.625. The van der Waals surface area contributed by atoms with E-state index >= 15 is 0 Å². The highest BCUT2D eigenvalue weighted by molar-refractivity contribution is 5.93. The zero-order valence-electron chi connectivity index (χ0n) is 16.1. The highest BCUT2D eigenvalue weighted by atomic mass is 16.6. The number of nitrogens with one attached hydrogen (secondary N) is 1. The van der Waals surface area contributed by atoms with Crippen molar-refractivity contribution in [2.24, 2.45) is 0 Å². The van der Waals surface area contributed by atoms with Gasteiger partial charge in [0.05, 0.1) is 13.7 Å². The molecule has 0 spiro atoms. The first kappa shape index (κ1) is 19.5. The van der Waals surface area contributed by atoms with E-state index in [-0.39, 0.29) is 12.0 Å². The van der Waals surface area contributed by atoms with E-state index in [9.17, 15) is 9.59 Å². The van der Waals surface area contributed by atoms with E-state index in [0.29, 0.717) is 38.5 Å². The summed E-state index contributed by atoms with van der Waals surface area (Å²) in [5, 5.41) is 3.25. The van der Waals surface area contributed by atoms with Gasteiger partial charge in [-0.1, -0.05) is 0 Å². The number of hydrogen-bond donors (Lipinski definition) is 1. The van der Waals surface area contributed by atoms with Gasteiger partial charge in [-0.3, -0.25) is 9.78 Å². The molecule has 3 rings (SSSR count). The second-order valence-corrected chi connectivity index (χ2v) is 6.26. The molecule has 2 amide bonds. The van der Waals surface area contributed by atoms with Gasteiger partial charge in [0.25, 0.3) is 5.91 Å². The van der Waals surface area contributed by atoms with Crippen LogP contribution < -0.4 is 10.1 Å². The molecule has 0 saturated carbocycles. The van der Waals surface area contributed by atoms with E-state index in [1.807, 2.05) is 24.3 Å². The molecule has 0 bridgehead atoms. The number of hydrogen-bond acceptors (Lipinski definition) is 6. The maximum Gasteiger partial charge on any atom is 0.409 e. The maximum atomic E-state index is 12.8. The fourth-order valence-corrected chi connectivity index (χ4v) is 2.94. The SMILES string of the molecule is CCOC(=O)N1CCN(C(=O)c2cc(Nc3ccc(OC)cc3)ccn2)CC1. The van der Waals surface area contributed by atoms with Crippen LogP contribution in [0, 0.1) is 0 Å². The third-order valence-electron chi connectivity index (χ3n) is 4.45. The lowest BCUT2D eigenvalue weighted by molar-refractivity contribution is 0.0566. The molecule has 2 aromatic rings. The molecule has 148 valence electrons. The molecule has 1 saturated heterocycles. The molecule has 28 heavy (non-hydrogen) atoms. The Hall–Kier alpha value is -3.29. The predicted molar refractivity (Wildman–Crippen MR) is 105 cm³/mol. The number of aromatic nitrogens is 1. The van der Waals surface area contributed by atoms with Crippen molar-refractivity contribution in [1.82, 2.24) is 14.8 Å². The fraction of sp³-hybridized carbons (Fsp3) is 0.350. The summed E-state index contributed by atoms with van der Waals surface area (Å²) in [4.78, 5) is 32.1. The third-order valence-corrected chi connectivity index (χ3v) is 4.45. The van der Waals surface area contributed by atoms with Gasteiger partial charge in [-0.25, -0.2) is 4.79 Å². The molecule has 1 aromatic heterocycles. The van der Waals surface area contributed by atoms with E-state index in [1.54, 1.807) is 42.2 Å². The largest absolute Gasteiger partial charge is 0.497 e. The van der Waals surface area contributed by atoms with Gasteiger partial charge in [0.1, 0.15) is 11.4 Å². The van der Waals surface area contributed by atoms with Crippen LogP contribution in [0.15, 0.2) is 42.6 Å². The first-order chi connectivity index (χ1) is 13.6. The first-order valence-electron chi connectivity index (χ1n) is 9.19. The number of ether oxygens (including phenoxy) is 2. The van der Waals surface area contributed by atoms with Gasteiger partial charge < -0.3 is 24.6 Å². The summed E-state index contributed by atoms with van der Waals surface area (Å²) in [6, 6.07) is 11.0. The molecule has 0 atom stereocenters.